The second-order valence-corrected chi connectivity index (χ2v) is 12.4. The van der Waals surface area contributed by atoms with Crippen LogP contribution in [0.25, 0.3) is 0 Å². The van der Waals surface area contributed by atoms with E-state index in [1.54, 1.807) is 12.1 Å². The molecule has 1 saturated heterocycles. The highest BCUT2D eigenvalue weighted by atomic mass is 16.7. The first-order valence-corrected chi connectivity index (χ1v) is 14.1. The number of hydrogen-bond acceptors (Lipinski definition) is 8. The molecule has 6 rings (SSSR count). The lowest BCUT2D eigenvalue weighted by Gasteiger charge is -2.67. The van der Waals surface area contributed by atoms with Gasteiger partial charge in [-0.2, -0.15) is 0 Å². The van der Waals surface area contributed by atoms with Crippen LogP contribution >= 0.6 is 0 Å². The Morgan fingerprint density at radius 1 is 1.15 bits per heavy atom. The molecule has 208 valence electrons. The van der Waals surface area contributed by atoms with Crippen LogP contribution in [0.2, 0.25) is 0 Å². The molecule has 8 nitrogen and oxygen atoms in total. The number of fused-ring (bicyclic) bond motifs is 3. The summed E-state index contributed by atoms with van der Waals surface area (Å²) in [4.78, 5) is 42.9. The zero-order valence-corrected chi connectivity index (χ0v) is 22.9. The van der Waals surface area contributed by atoms with Crippen molar-refractivity contribution in [3.05, 3.63) is 53.9 Å². The van der Waals surface area contributed by atoms with E-state index in [1.807, 2.05) is 32.1 Å². The number of esters is 1. The second kappa shape index (κ2) is 9.18. The van der Waals surface area contributed by atoms with E-state index in [2.05, 4.69) is 11.9 Å². The number of rotatable bonds is 5. The van der Waals surface area contributed by atoms with Gasteiger partial charge in [0.15, 0.2) is 18.7 Å². The smallest absolute Gasteiger partial charge is 0.338 e. The quantitative estimate of drug-likeness (QED) is 0.443. The Labute approximate surface area is 228 Å². The molecular weight excluding hydrogens is 498 g/mol. The molecule has 2 heterocycles. The van der Waals surface area contributed by atoms with Crippen LogP contribution in [-0.4, -0.2) is 57.8 Å². The van der Waals surface area contributed by atoms with Crippen LogP contribution in [0.5, 0.6) is 0 Å². The van der Waals surface area contributed by atoms with Gasteiger partial charge in [0.05, 0.1) is 17.3 Å². The van der Waals surface area contributed by atoms with Gasteiger partial charge in [-0.1, -0.05) is 25.5 Å². The molecule has 1 aliphatic heterocycles. The molecule has 1 unspecified atom stereocenters. The summed E-state index contributed by atoms with van der Waals surface area (Å²) >= 11 is 0. The maximum absolute atomic E-state index is 14.1. The molecule has 0 spiro atoms. The fourth-order valence-electron chi connectivity index (χ4n) is 9.06. The number of aliphatic hydroxyl groups excluding tert-OH is 1. The maximum atomic E-state index is 14.1. The predicted molar refractivity (Wildman–Crippen MR) is 140 cm³/mol. The topological polar surface area (TPSA) is 112 Å². The fourth-order valence-corrected chi connectivity index (χ4v) is 9.06. The molecule has 2 bridgehead atoms. The van der Waals surface area contributed by atoms with Gasteiger partial charge in [-0.3, -0.25) is 14.6 Å². The summed E-state index contributed by atoms with van der Waals surface area (Å²) in [7, 11) is 0. The molecule has 1 N–H and O–H groups in total. The highest BCUT2D eigenvalue weighted by Crippen LogP contribution is 2.73. The SMILES string of the molecule is C/C=C/C1O[C@]2(C(=O)COC(=O)c3ccncc3)CC[C@@]3(O1)[C@@H]1CCC4=CC(=O)CC[C@]4(C)[C@H]1[C@@H](O)C[C@]23C. The normalized spacial score (nSPS) is 42.8. The van der Waals surface area contributed by atoms with Crippen molar-refractivity contribution in [2.75, 3.05) is 6.61 Å². The van der Waals surface area contributed by atoms with Gasteiger partial charge in [0.25, 0.3) is 0 Å². The van der Waals surface area contributed by atoms with Crippen LogP contribution < -0.4 is 0 Å². The standard InChI is InChI=1S/C31H37NO7/c1-4-5-25-38-30-12-13-31(39-25,24(35)18-37-27(36)19-9-14-32-15-10-19)29(30,3)17-23(34)26-22(30)7-6-20-16-21(33)8-11-28(20,26)2/h4-5,9-10,14-16,22-23,25-26,34H,6-8,11-13,17-18H2,1-3H3/b5-4+/t22-,23+,25?,26-,28+,29+,30-,31+/m1/s1. The molecule has 8 atom stereocenters. The average molecular weight is 536 g/mol. The van der Waals surface area contributed by atoms with Gasteiger partial charge in [-0.05, 0) is 87.0 Å². The molecule has 3 saturated carbocycles. The summed E-state index contributed by atoms with van der Waals surface area (Å²) in [5.74, 6) is -0.824. The van der Waals surface area contributed by atoms with E-state index in [-0.39, 0.29) is 28.8 Å². The van der Waals surface area contributed by atoms with Crippen LogP contribution in [0, 0.1) is 22.7 Å². The van der Waals surface area contributed by atoms with Gasteiger partial charge < -0.3 is 19.3 Å². The maximum Gasteiger partial charge on any atom is 0.338 e. The Balaban J connectivity index is 1.37. The number of pyridine rings is 1. The van der Waals surface area contributed by atoms with E-state index in [0.29, 0.717) is 37.7 Å². The van der Waals surface area contributed by atoms with Crippen LogP contribution in [0.4, 0.5) is 0 Å². The number of allylic oxidation sites excluding steroid dienone is 2. The van der Waals surface area contributed by atoms with Crippen molar-refractivity contribution in [1.29, 1.82) is 0 Å². The van der Waals surface area contributed by atoms with E-state index < -0.39 is 41.6 Å². The molecule has 0 radical (unpaired) electrons. The Hall–Kier alpha value is -2.68. The molecule has 0 amide bonds. The summed E-state index contributed by atoms with van der Waals surface area (Å²) in [5.41, 5.74) is -1.61. The first-order chi connectivity index (χ1) is 18.6. The monoisotopic (exact) mass is 535 g/mol. The molecule has 1 aromatic rings. The zero-order chi connectivity index (χ0) is 27.6. The third-order valence-corrected chi connectivity index (χ3v) is 10.9. The highest BCUT2D eigenvalue weighted by molar-refractivity contribution is 5.95. The third kappa shape index (κ3) is 3.60. The lowest BCUT2D eigenvalue weighted by molar-refractivity contribution is -0.365. The zero-order valence-electron chi connectivity index (χ0n) is 22.9. The van der Waals surface area contributed by atoms with Crippen LogP contribution in [0.1, 0.15) is 76.1 Å². The number of Topliss-reactive ketones (excluding diaryl/α,β-unsaturated/α-hetero) is 1. The fraction of sp³-hybridized carbons (Fsp3) is 0.613. The number of hydrogen-bond donors (Lipinski definition) is 1. The van der Waals surface area contributed by atoms with E-state index >= 15 is 0 Å². The Morgan fingerprint density at radius 2 is 1.92 bits per heavy atom. The lowest BCUT2D eigenvalue weighted by Crippen LogP contribution is -2.74. The minimum Gasteiger partial charge on any atom is -0.454 e. The van der Waals surface area contributed by atoms with Gasteiger partial charge in [-0.15, -0.1) is 0 Å². The minimum absolute atomic E-state index is 0.00713. The molecule has 4 aliphatic carbocycles. The molecule has 0 aromatic carbocycles. The van der Waals surface area contributed by atoms with Crippen molar-refractivity contribution in [2.45, 2.75) is 89.3 Å². The highest BCUT2D eigenvalue weighted by Gasteiger charge is 2.79. The second-order valence-electron chi connectivity index (χ2n) is 12.4. The molecule has 5 aliphatic rings. The Bertz CT molecular complexity index is 1260. The summed E-state index contributed by atoms with van der Waals surface area (Å²) in [6, 6.07) is 3.09. The summed E-state index contributed by atoms with van der Waals surface area (Å²) in [5, 5.41) is 11.8. The van der Waals surface area contributed by atoms with Crippen molar-refractivity contribution >= 4 is 17.5 Å². The van der Waals surface area contributed by atoms with Crippen LogP contribution in [0.15, 0.2) is 48.3 Å². The molecule has 4 fully saturated rings. The van der Waals surface area contributed by atoms with Crippen molar-refractivity contribution in [1.82, 2.24) is 4.98 Å². The van der Waals surface area contributed by atoms with Gasteiger partial charge in [0.1, 0.15) is 5.60 Å². The van der Waals surface area contributed by atoms with Crippen LogP contribution in [0.3, 0.4) is 0 Å². The Kier molecular flexibility index (Phi) is 6.25. The molecular formula is C31H37NO7. The molecule has 8 heteroatoms. The number of nitrogens with zero attached hydrogens (tertiary/aromatic N) is 1. The van der Waals surface area contributed by atoms with Crippen molar-refractivity contribution in [2.24, 2.45) is 22.7 Å². The Morgan fingerprint density at radius 3 is 2.67 bits per heavy atom. The van der Waals surface area contributed by atoms with Gasteiger partial charge in [-0.25, -0.2) is 4.79 Å². The first kappa shape index (κ1) is 26.5. The van der Waals surface area contributed by atoms with E-state index in [0.717, 1.165) is 18.4 Å². The largest absolute Gasteiger partial charge is 0.454 e. The number of carbonyl (C=O) groups is 3. The van der Waals surface area contributed by atoms with E-state index in [4.69, 9.17) is 14.2 Å². The van der Waals surface area contributed by atoms with Crippen molar-refractivity contribution < 1.29 is 33.7 Å². The number of aliphatic hydroxyl groups is 1. The molecule has 1 aromatic heterocycles. The predicted octanol–water partition coefficient (Wildman–Crippen LogP) is 4.12. The minimum atomic E-state index is -1.26. The average Bonchev–Trinajstić information content (AvgIpc) is 3.04. The summed E-state index contributed by atoms with van der Waals surface area (Å²) in [6.07, 6.45) is 11.2. The molecule has 39 heavy (non-hydrogen) atoms. The summed E-state index contributed by atoms with van der Waals surface area (Å²) < 4.78 is 18.9. The number of ketones is 2. The lowest BCUT2D eigenvalue weighted by atomic mass is 9.43. The van der Waals surface area contributed by atoms with Crippen LogP contribution in [-0.2, 0) is 23.8 Å². The van der Waals surface area contributed by atoms with Gasteiger partial charge >= 0.3 is 5.97 Å². The van der Waals surface area contributed by atoms with Crippen molar-refractivity contribution in [3.63, 3.8) is 0 Å². The van der Waals surface area contributed by atoms with E-state index in [1.165, 1.54) is 12.4 Å². The number of carbonyl (C=O) groups excluding carboxylic acids is 3. The number of aromatic nitrogens is 1. The van der Waals surface area contributed by atoms with E-state index in [9.17, 15) is 19.5 Å². The van der Waals surface area contributed by atoms with Gasteiger partial charge in [0.2, 0.25) is 5.78 Å². The number of ether oxygens (including phenoxy) is 3. The summed E-state index contributed by atoms with van der Waals surface area (Å²) in [6.45, 7) is 5.67. The van der Waals surface area contributed by atoms with Crippen molar-refractivity contribution in [3.8, 4) is 0 Å². The van der Waals surface area contributed by atoms with Gasteiger partial charge in [0, 0.05) is 24.2 Å². The third-order valence-electron chi connectivity index (χ3n) is 10.9. The first-order valence-electron chi connectivity index (χ1n) is 14.1.